The second-order valence-corrected chi connectivity index (χ2v) is 3.65. The molecular weight excluding hydrogens is 238 g/mol. The Kier molecular flexibility index (Phi) is 3.20. The number of benzene rings is 1. The van der Waals surface area contributed by atoms with Crippen LogP contribution in [0.15, 0.2) is 35.1 Å². The standard InChI is InChI=1S/C13H8F2N2O/c14-10-3-1-2-9(13(10)15)8-4-5-12(18)17-11(8)6-7-16/h1-5H,6H2,(H,17,18). The normalized spacial score (nSPS) is 10.1. The van der Waals surface area contributed by atoms with Crippen LogP contribution in [0.25, 0.3) is 11.1 Å². The van der Waals surface area contributed by atoms with Crippen LogP contribution in [0.5, 0.6) is 0 Å². The van der Waals surface area contributed by atoms with E-state index in [4.69, 9.17) is 5.26 Å². The van der Waals surface area contributed by atoms with Gasteiger partial charge in [0.1, 0.15) is 0 Å². The Bertz CT molecular complexity index is 686. The summed E-state index contributed by atoms with van der Waals surface area (Å²) in [5, 5.41) is 8.67. The van der Waals surface area contributed by atoms with Crippen molar-refractivity contribution in [1.82, 2.24) is 4.98 Å². The Balaban J connectivity index is 2.67. The average molecular weight is 246 g/mol. The molecule has 18 heavy (non-hydrogen) atoms. The first-order valence-electron chi connectivity index (χ1n) is 5.17. The molecule has 5 heteroatoms. The lowest BCUT2D eigenvalue weighted by Crippen LogP contribution is -2.08. The molecule has 2 rings (SSSR count). The lowest BCUT2D eigenvalue weighted by Gasteiger charge is -2.08. The van der Waals surface area contributed by atoms with Crippen molar-refractivity contribution in [2.24, 2.45) is 0 Å². The predicted molar refractivity (Wildman–Crippen MR) is 61.7 cm³/mol. The molecule has 1 aromatic heterocycles. The number of hydrogen-bond donors (Lipinski definition) is 1. The summed E-state index contributed by atoms with van der Waals surface area (Å²) in [6.07, 6.45) is -0.0820. The molecule has 0 spiro atoms. The highest BCUT2D eigenvalue weighted by molar-refractivity contribution is 5.66. The lowest BCUT2D eigenvalue weighted by atomic mass is 10.0. The zero-order chi connectivity index (χ0) is 13.1. The van der Waals surface area contributed by atoms with Gasteiger partial charge < -0.3 is 4.98 Å². The average Bonchev–Trinajstić information content (AvgIpc) is 2.34. The van der Waals surface area contributed by atoms with Gasteiger partial charge in [0.25, 0.3) is 0 Å². The van der Waals surface area contributed by atoms with Crippen molar-refractivity contribution in [2.45, 2.75) is 6.42 Å². The molecule has 0 aliphatic heterocycles. The highest BCUT2D eigenvalue weighted by Gasteiger charge is 2.13. The van der Waals surface area contributed by atoms with Crippen LogP contribution in [-0.4, -0.2) is 4.98 Å². The van der Waals surface area contributed by atoms with Gasteiger partial charge in [-0.3, -0.25) is 4.79 Å². The number of pyridine rings is 1. The van der Waals surface area contributed by atoms with Crippen LogP contribution in [0, 0.1) is 23.0 Å². The summed E-state index contributed by atoms with van der Waals surface area (Å²) in [5.74, 6) is -1.97. The van der Waals surface area contributed by atoms with Crippen LogP contribution in [0.2, 0.25) is 0 Å². The fourth-order valence-electron chi connectivity index (χ4n) is 1.70. The summed E-state index contributed by atoms with van der Waals surface area (Å²) in [5.41, 5.74) is 0.222. The smallest absolute Gasteiger partial charge is 0.248 e. The molecule has 0 radical (unpaired) electrons. The molecule has 1 aromatic carbocycles. The molecule has 2 aromatic rings. The van der Waals surface area contributed by atoms with E-state index in [0.29, 0.717) is 5.56 Å². The van der Waals surface area contributed by atoms with Gasteiger partial charge in [0, 0.05) is 22.9 Å². The van der Waals surface area contributed by atoms with Gasteiger partial charge in [0.05, 0.1) is 12.5 Å². The topological polar surface area (TPSA) is 56.6 Å². The summed E-state index contributed by atoms with van der Waals surface area (Å²) in [6, 6.07) is 8.23. The van der Waals surface area contributed by atoms with E-state index in [0.717, 1.165) is 6.07 Å². The minimum Gasteiger partial charge on any atom is -0.325 e. The molecule has 1 N–H and O–H groups in total. The summed E-state index contributed by atoms with van der Waals surface area (Å²) in [6.45, 7) is 0. The van der Waals surface area contributed by atoms with E-state index in [2.05, 4.69) is 4.98 Å². The summed E-state index contributed by atoms with van der Waals surface area (Å²) in [4.78, 5) is 13.6. The van der Waals surface area contributed by atoms with Crippen molar-refractivity contribution in [3.05, 3.63) is 58.0 Å². The first-order chi connectivity index (χ1) is 8.63. The number of halogens is 2. The second kappa shape index (κ2) is 4.80. The van der Waals surface area contributed by atoms with E-state index < -0.39 is 11.6 Å². The van der Waals surface area contributed by atoms with Gasteiger partial charge in [-0.05, 0) is 12.1 Å². The van der Waals surface area contributed by atoms with Gasteiger partial charge in [-0.25, -0.2) is 8.78 Å². The van der Waals surface area contributed by atoms with Crippen LogP contribution < -0.4 is 5.56 Å². The van der Waals surface area contributed by atoms with Crippen LogP contribution >= 0.6 is 0 Å². The molecule has 0 saturated heterocycles. The third-order valence-electron chi connectivity index (χ3n) is 2.50. The van der Waals surface area contributed by atoms with E-state index in [1.165, 1.54) is 24.3 Å². The van der Waals surface area contributed by atoms with E-state index in [-0.39, 0.29) is 23.2 Å². The molecule has 0 unspecified atom stereocenters. The molecule has 0 amide bonds. The molecule has 0 aliphatic rings. The summed E-state index contributed by atoms with van der Waals surface area (Å²) >= 11 is 0. The summed E-state index contributed by atoms with van der Waals surface area (Å²) < 4.78 is 26.8. The number of rotatable bonds is 2. The Morgan fingerprint density at radius 2 is 1.94 bits per heavy atom. The number of aromatic amines is 1. The number of hydrogen-bond acceptors (Lipinski definition) is 2. The van der Waals surface area contributed by atoms with Crippen LogP contribution in [-0.2, 0) is 6.42 Å². The van der Waals surface area contributed by atoms with E-state index in [1.807, 2.05) is 6.07 Å². The lowest BCUT2D eigenvalue weighted by molar-refractivity contribution is 0.511. The highest BCUT2D eigenvalue weighted by Crippen LogP contribution is 2.26. The number of nitrogens with zero attached hydrogens (tertiary/aromatic N) is 1. The van der Waals surface area contributed by atoms with Crippen LogP contribution in [0.4, 0.5) is 8.78 Å². The van der Waals surface area contributed by atoms with Gasteiger partial charge in [0.2, 0.25) is 5.56 Å². The maximum Gasteiger partial charge on any atom is 0.248 e. The fourth-order valence-corrected chi connectivity index (χ4v) is 1.70. The third kappa shape index (κ3) is 2.13. The zero-order valence-corrected chi connectivity index (χ0v) is 9.21. The van der Waals surface area contributed by atoms with Gasteiger partial charge >= 0.3 is 0 Å². The monoisotopic (exact) mass is 246 g/mol. The van der Waals surface area contributed by atoms with Crippen molar-refractivity contribution >= 4 is 0 Å². The molecule has 0 saturated carbocycles. The maximum atomic E-state index is 13.7. The van der Waals surface area contributed by atoms with Gasteiger partial charge in [-0.15, -0.1) is 0 Å². The highest BCUT2D eigenvalue weighted by atomic mass is 19.2. The Labute approximate surface area is 101 Å². The van der Waals surface area contributed by atoms with Crippen molar-refractivity contribution in [2.75, 3.05) is 0 Å². The summed E-state index contributed by atoms with van der Waals surface area (Å²) in [7, 11) is 0. The third-order valence-corrected chi connectivity index (χ3v) is 2.50. The van der Waals surface area contributed by atoms with E-state index in [1.54, 1.807) is 0 Å². The molecule has 0 atom stereocenters. The minimum atomic E-state index is -0.997. The molecular formula is C13H8F2N2O. The molecule has 0 aliphatic carbocycles. The Morgan fingerprint density at radius 3 is 2.67 bits per heavy atom. The van der Waals surface area contributed by atoms with Crippen molar-refractivity contribution in [1.29, 1.82) is 5.26 Å². The number of nitriles is 1. The number of aromatic nitrogens is 1. The first-order valence-corrected chi connectivity index (χ1v) is 5.17. The van der Waals surface area contributed by atoms with Crippen molar-refractivity contribution in [3.63, 3.8) is 0 Å². The first kappa shape index (κ1) is 12.0. The second-order valence-electron chi connectivity index (χ2n) is 3.65. The fraction of sp³-hybridized carbons (Fsp3) is 0.0769. The zero-order valence-electron chi connectivity index (χ0n) is 9.21. The Morgan fingerprint density at radius 1 is 1.17 bits per heavy atom. The van der Waals surface area contributed by atoms with Crippen LogP contribution in [0.1, 0.15) is 5.69 Å². The molecule has 90 valence electrons. The van der Waals surface area contributed by atoms with Crippen molar-refractivity contribution < 1.29 is 8.78 Å². The van der Waals surface area contributed by atoms with Gasteiger partial charge in [0.15, 0.2) is 11.6 Å². The van der Waals surface area contributed by atoms with Gasteiger partial charge in [-0.1, -0.05) is 12.1 Å². The molecule has 3 nitrogen and oxygen atoms in total. The molecule has 0 fully saturated rings. The number of H-pyrrole nitrogens is 1. The minimum absolute atomic E-state index is 0.0245. The quantitative estimate of drug-likeness (QED) is 0.884. The molecule has 0 bridgehead atoms. The SMILES string of the molecule is N#CCc1[nH]c(=O)ccc1-c1cccc(F)c1F. The largest absolute Gasteiger partial charge is 0.325 e. The van der Waals surface area contributed by atoms with Crippen molar-refractivity contribution in [3.8, 4) is 17.2 Å². The number of nitrogens with one attached hydrogen (secondary N) is 1. The van der Waals surface area contributed by atoms with E-state index in [9.17, 15) is 13.6 Å². The molecule has 1 heterocycles. The van der Waals surface area contributed by atoms with Gasteiger partial charge in [-0.2, -0.15) is 5.26 Å². The Hall–Kier alpha value is -2.48. The predicted octanol–water partition coefficient (Wildman–Crippen LogP) is 2.39. The van der Waals surface area contributed by atoms with E-state index >= 15 is 0 Å². The van der Waals surface area contributed by atoms with Crippen LogP contribution in [0.3, 0.4) is 0 Å². The maximum absolute atomic E-state index is 13.7.